The van der Waals surface area contributed by atoms with Crippen LogP contribution in [-0.4, -0.2) is 63.9 Å². The predicted molar refractivity (Wildman–Crippen MR) is 135 cm³/mol. The summed E-state index contributed by atoms with van der Waals surface area (Å²) in [6.07, 6.45) is 4.22. The molecule has 0 radical (unpaired) electrons. The molecule has 3 heterocycles. The Morgan fingerprint density at radius 1 is 1.22 bits per heavy atom. The van der Waals surface area contributed by atoms with Crippen LogP contribution in [0.15, 0.2) is 22.4 Å². The van der Waals surface area contributed by atoms with Crippen LogP contribution in [-0.2, 0) is 11.3 Å². The Morgan fingerprint density at radius 2 is 1.91 bits per heavy atom. The molecule has 3 rings (SSSR count). The van der Waals surface area contributed by atoms with E-state index in [-0.39, 0.29) is 17.0 Å². The quantitative estimate of drug-likeness (QED) is 0.344. The van der Waals surface area contributed by atoms with Crippen LogP contribution in [0.5, 0.6) is 0 Å². The summed E-state index contributed by atoms with van der Waals surface area (Å²) in [6.45, 7) is 14.9. The van der Waals surface area contributed by atoms with Gasteiger partial charge in [0.2, 0.25) is 0 Å². The van der Waals surface area contributed by atoms with Crippen molar-refractivity contribution in [3.8, 4) is 6.07 Å². The van der Waals surface area contributed by atoms with E-state index in [1.807, 2.05) is 13.0 Å². The van der Waals surface area contributed by atoms with E-state index < -0.39 is 0 Å². The monoisotopic (exact) mass is 471 g/mol. The zero-order valence-electron chi connectivity index (χ0n) is 18.9. The van der Waals surface area contributed by atoms with Crippen LogP contribution in [0.1, 0.15) is 37.0 Å². The minimum absolute atomic E-state index is 0.127. The number of rotatable bonds is 7. The third-order valence-electron chi connectivity index (χ3n) is 5.87. The summed E-state index contributed by atoms with van der Waals surface area (Å²) in [4.78, 5) is 32.8. The van der Waals surface area contributed by atoms with Crippen LogP contribution in [0.3, 0.4) is 0 Å². The molecule has 0 aromatic carbocycles. The number of nitriles is 1. The lowest BCUT2D eigenvalue weighted by atomic mass is 10.0. The van der Waals surface area contributed by atoms with Crippen molar-refractivity contribution in [2.75, 3.05) is 44.2 Å². The average Bonchev–Trinajstić information content (AvgIpc) is 3.05. The van der Waals surface area contributed by atoms with Crippen molar-refractivity contribution in [1.82, 2.24) is 14.4 Å². The molecule has 1 aromatic rings. The number of pyridine rings is 1. The number of hydrogen-bond donors (Lipinski definition) is 0. The van der Waals surface area contributed by atoms with E-state index >= 15 is 0 Å². The molecule has 9 heteroatoms. The van der Waals surface area contributed by atoms with Crippen LogP contribution in [0.25, 0.3) is 6.08 Å². The van der Waals surface area contributed by atoms with E-state index in [4.69, 9.17) is 12.2 Å². The average molecular weight is 472 g/mol. The lowest BCUT2D eigenvalue weighted by Crippen LogP contribution is -2.48. The Morgan fingerprint density at radius 3 is 2.47 bits per heavy atom. The van der Waals surface area contributed by atoms with Gasteiger partial charge in [-0.3, -0.25) is 19.1 Å². The van der Waals surface area contributed by atoms with Crippen LogP contribution in [0.4, 0.5) is 5.82 Å². The molecule has 0 saturated carbocycles. The molecule has 1 amide bonds. The first-order valence-corrected chi connectivity index (χ1v) is 12.1. The number of piperazine rings is 1. The number of carbonyl (C=O) groups excluding carboxylic acids is 1. The second-order valence-corrected chi connectivity index (χ2v) is 9.48. The number of likely N-dealkylation sites (N-methyl/N-ethyl adjacent to an activating group) is 1. The molecular weight excluding hydrogens is 442 g/mol. The SMILES string of the molecule is C=CCN1C(=O)/C(=C\c2c(C)c(C#N)c(=O)n(CCC)c2N2CCN(CC)CC2)SC1=S. The number of amides is 1. The fraction of sp³-hybridized carbons (Fsp3) is 0.478. The van der Waals surface area contributed by atoms with Crippen LogP contribution >= 0.6 is 24.0 Å². The minimum Gasteiger partial charge on any atom is -0.355 e. The molecule has 170 valence electrons. The largest absolute Gasteiger partial charge is 0.355 e. The molecule has 7 nitrogen and oxygen atoms in total. The van der Waals surface area contributed by atoms with Gasteiger partial charge in [-0.2, -0.15) is 5.26 Å². The minimum atomic E-state index is -0.267. The molecule has 0 atom stereocenters. The van der Waals surface area contributed by atoms with Gasteiger partial charge in [0.1, 0.15) is 21.8 Å². The Kier molecular flexibility index (Phi) is 7.93. The standard InChI is InChI=1S/C23H29N5O2S2/c1-5-8-27-20(26-12-10-25(7-3)11-13-26)17(16(4)18(15-24)21(27)29)14-19-22(30)28(9-6-2)23(31)32-19/h6,14H,2,5,7-13H2,1,3-4H3/b19-14+. The maximum atomic E-state index is 13.2. The topological polar surface area (TPSA) is 72.6 Å². The number of anilines is 1. The first-order chi connectivity index (χ1) is 15.4. The molecule has 2 saturated heterocycles. The summed E-state index contributed by atoms with van der Waals surface area (Å²) in [5.74, 6) is 0.617. The summed E-state index contributed by atoms with van der Waals surface area (Å²) in [5, 5.41) is 9.73. The predicted octanol–water partition coefficient (Wildman–Crippen LogP) is 2.97. The second-order valence-electron chi connectivity index (χ2n) is 7.81. The molecule has 2 aliphatic rings. The second kappa shape index (κ2) is 10.5. The lowest BCUT2D eigenvalue weighted by Gasteiger charge is -2.37. The highest BCUT2D eigenvalue weighted by molar-refractivity contribution is 8.26. The summed E-state index contributed by atoms with van der Waals surface area (Å²) in [7, 11) is 0. The Balaban J connectivity index is 2.20. The normalized spacial score (nSPS) is 18.5. The molecule has 32 heavy (non-hydrogen) atoms. The summed E-state index contributed by atoms with van der Waals surface area (Å²) in [6, 6.07) is 2.09. The summed E-state index contributed by atoms with van der Waals surface area (Å²) >= 11 is 6.63. The van der Waals surface area contributed by atoms with Gasteiger partial charge >= 0.3 is 0 Å². The molecular formula is C23H29N5O2S2. The van der Waals surface area contributed by atoms with E-state index in [0.717, 1.165) is 50.5 Å². The van der Waals surface area contributed by atoms with Crippen molar-refractivity contribution >= 4 is 46.1 Å². The number of hydrogen-bond acceptors (Lipinski definition) is 7. The van der Waals surface area contributed by atoms with E-state index in [1.54, 1.807) is 17.6 Å². The zero-order valence-corrected chi connectivity index (χ0v) is 20.5. The maximum absolute atomic E-state index is 13.2. The smallest absolute Gasteiger partial charge is 0.270 e. The maximum Gasteiger partial charge on any atom is 0.270 e. The van der Waals surface area contributed by atoms with Crippen molar-refractivity contribution in [2.45, 2.75) is 33.7 Å². The molecule has 0 spiro atoms. The Labute approximate surface area is 199 Å². The van der Waals surface area contributed by atoms with Crippen LogP contribution in [0.2, 0.25) is 0 Å². The molecule has 2 fully saturated rings. The highest BCUT2D eigenvalue weighted by atomic mass is 32.2. The van der Waals surface area contributed by atoms with E-state index in [0.29, 0.717) is 27.9 Å². The molecule has 2 aliphatic heterocycles. The Hall–Kier alpha value is -2.41. The lowest BCUT2D eigenvalue weighted by molar-refractivity contribution is -0.121. The molecule has 0 N–H and O–H groups in total. The van der Waals surface area contributed by atoms with Gasteiger partial charge in [0.25, 0.3) is 11.5 Å². The van der Waals surface area contributed by atoms with Crippen LogP contribution in [0, 0.1) is 18.3 Å². The summed E-state index contributed by atoms with van der Waals surface area (Å²) < 4.78 is 2.20. The van der Waals surface area contributed by atoms with E-state index in [9.17, 15) is 14.9 Å². The van der Waals surface area contributed by atoms with Crippen LogP contribution < -0.4 is 10.5 Å². The van der Waals surface area contributed by atoms with Gasteiger partial charge in [0.15, 0.2) is 0 Å². The van der Waals surface area contributed by atoms with Gasteiger partial charge in [-0.25, -0.2) is 0 Å². The molecule has 0 bridgehead atoms. The van der Waals surface area contributed by atoms with E-state index in [1.165, 1.54) is 16.7 Å². The van der Waals surface area contributed by atoms with Crippen molar-refractivity contribution in [3.05, 3.63) is 44.6 Å². The van der Waals surface area contributed by atoms with Gasteiger partial charge in [0, 0.05) is 44.8 Å². The highest BCUT2D eigenvalue weighted by Gasteiger charge is 2.33. The first kappa shape index (κ1) is 24.2. The number of thioether (sulfide) groups is 1. The Bertz CT molecular complexity index is 1060. The van der Waals surface area contributed by atoms with Crippen molar-refractivity contribution in [3.63, 3.8) is 0 Å². The van der Waals surface area contributed by atoms with Gasteiger partial charge in [-0.1, -0.05) is 43.9 Å². The van der Waals surface area contributed by atoms with Gasteiger partial charge in [-0.15, -0.1) is 6.58 Å². The zero-order chi connectivity index (χ0) is 23.4. The van der Waals surface area contributed by atoms with Gasteiger partial charge in [0.05, 0.1) is 4.91 Å². The first-order valence-electron chi connectivity index (χ1n) is 10.9. The van der Waals surface area contributed by atoms with Gasteiger partial charge in [-0.05, 0) is 31.5 Å². The number of nitrogens with zero attached hydrogens (tertiary/aromatic N) is 5. The van der Waals surface area contributed by atoms with Crippen molar-refractivity contribution in [1.29, 1.82) is 5.26 Å². The molecule has 0 unspecified atom stereocenters. The van der Waals surface area contributed by atoms with Crippen molar-refractivity contribution in [2.24, 2.45) is 0 Å². The van der Waals surface area contributed by atoms with Gasteiger partial charge < -0.3 is 9.80 Å². The van der Waals surface area contributed by atoms with Crippen molar-refractivity contribution < 1.29 is 4.79 Å². The molecule has 0 aliphatic carbocycles. The highest BCUT2D eigenvalue weighted by Crippen LogP contribution is 2.36. The number of carbonyl (C=O) groups is 1. The fourth-order valence-corrected chi connectivity index (χ4v) is 5.37. The number of thiocarbonyl (C=S) groups is 1. The molecule has 1 aromatic heterocycles. The fourth-order valence-electron chi connectivity index (χ4n) is 4.11. The number of aromatic nitrogens is 1. The third-order valence-corrected chi connectivity index (χ3v) is 7.25. The van der Waals surface area contributed by atoms with E-state index in [2.05, 4.69) is 29.4 Å². The third kappa shape index (κ3) is 4.53. The summed E-state index contributed by atoms with van der Waals surface area (Å²) in [5.41, 5.74) is 1.21.